The molecule has 0 aromatic heterocycles. The first kappa shape index (κ1) is 57.8. The van der Waals surface area contributed by atoms with Crippen molar-refractivity contribution in [3.05, 3.63) is 0 Å². The molecule has 23 nitrogen and oxygen atoms in total. The van der Waals surface area contributed by atoms with Crippen LogP contribution in [0.15, 0.2) is 0 Å². The van der Waals surface area contributed by atoms with E-state index in [-0.39, 0.29) is 53.1 Å². The summed E-state index contributed by atoms with van der Waals surface area (Å²) in [6.07, 6.45) is -25.5. The van der Waals surface area contributed by atoms with Gasteiger partial charge in [0.1, 0.15) is 85.5 Å². The first-order valence-electron chi connectivity index (χ1n) is 27.2. The molecule has 5 aliphatic heterocycles. The number of fused-ring (bicyclic) bond motifs is 7. The van der Waals surface area contributed by atoms with E-state index in [1.807, 2.05) is 6.92 Å². The zero-order valence-electron chi connectivity index (χ0n) is 43.2. The van der Waals surface area contributed by atoms with Gasteiger partial charge in [0.15, 0.2) is 30.9 Å². The molecule has 23 heteroatoms. The Hall–Kier alpha value is -0.920. The van der Waals surface area contributed by atoms with Gasteiger partial charge in [-0.1, -0.05) is 27.7 Å². The monoisotopic (exact) mass is 1070 g/mol. The molecule has 33 atom stereocenters. The molecular weight excluding hydrogens is 981 g/mol. The Morgan fingerprint density at radius 2 is 1.16 bits per heavy atom. The summed E-state index contributed by atoms with van der Waals surface area (Å²) in [6.45, 7) is 10.4. The van der Waals surface area contributed by atoms with Gasteiger partial charge in [-0.25, -0.2) is 0 Å². The third-order valence-electron chi connectivity index (χ3n) is 20.0. The lowest BCUT2D eigenvalue weighted by atomic mass is 9.44. The van der Waals surface area contributed by atoms with Gasteiger partial charge in [0.2, 0.25) is 0 Å². The van der Waals surface area contributed by atoms with Crippen molar-refractivity contribution in [1.82, 2.24) is 0 Å². The number of aliphatic hydroxyl groups excluding tert-OH is 13. The highest BCUT2D eigenvalue weighted by Gasteiger charge is 2.69. The fraction of sp³-hybridized carbons (Fsp3) is 1.00. The van der Waals surface area contributed by atoms with E-state index in [0.29, 0.717) is 37.5 Å². The highest BCUT2D eigenvalue weighted by atomic mass is 16.8. The van der Waals surface area contributed by atoms with Gasteiger partial charge < -0.3 is 114 Å². The molecule has 14 N–H and O–H groups in total. The lowest BCUT2D eigenvalue weighted by molar-refractivity contribution is -0.391. The van der Waals surface area contributed by atoms with E-state index in [1.54, 1.807) is 0 Å². The lowest BCUT2D eigenvalue weighted by Crippen LogP contribution is -2.67. The average Bonchev–Trinajstić information content (AvgIpc) is 3.82. The van der Waals surface area contributed by atoms with Gasteiger partial charge >= 0.3 is 0 Å². The van der Waals surface area contributed by atoms with Crippen molar-refractivity contribution in [3.63, 3.8) is 0 Å². The summed E-state index contributed by atoms with van der Waals surface area (Å²) in [4.78, 5) is 0. The average molecular weight is 1070 g/mol. The van der Waals surface area contributed by atoms with E-state index in [1.165, 1.54) is 13.8 Å². The van der Waals surface area contributed by atoms with Crippen LogP contribution in [0.1, 0.15) is 99.3 Å². The molecule has 0 spiro atoms. The van der Waals surface area contributed by atoms with Crippen LogP contribution >= 0.6 is 0 Å². The van der Waals surface area contributed by atoms with Gasteiger partial charge in [0, 0.05) is 12.3 Å². The number of rotatable bonds is 14. The maximum Gasteiger partial charge on any atom is 0.187 e. The van der Waals surface area contributed by atoms with Crippen molar-refractivity contribution < 1.29 is 114 Å². The largest absolute Gasteiger partial charge is 0.394 e. The number of hydrogen-bond acceptors (Lipinski definition) is 23. The van der Waals surface area contributed by atoms with Gasteiger partial charge in [-0.2, -0.15) is 0 Å². The maximum absolute atomic E-state index is 12.1. The lowest BCUT2D eigenvalue weighted by Gasteiger charge is -2.62. The van der Waals surface area contributed by atoms with E-state index in [0.717, 1.165) is 32.1 Å². The Labute approximate surface area is 431 Å². The smallest absolute Gasteiger partial charge is 0.187 e. The summed E-state index contributed by atoms with van der Waals surface area (Å²) < 4.78 is 54.4. The third-order valence-corrected chi connectivity index (χ3v) is 20.0. The van der Waals surface area contributed by atoms with Crippen LogP contribution in [-0.4, -0.2) is 238 Å². The SMILES string of the molecule is C[C@@H](CC[C@@]1(O)O[C@H]2C[C@H]3[C@@H]4CC[C@H]5C[C@@H](O[C@@H]6O[C@H](CO)[C@@H](O[C@@H]7O[C@@H](C)[C@H](O)[C@@H](O)[C@H]7O)[C@H](O)[C@H]6O[C@@H]6O[C@@H](C)[C@H](O)[C@@H](O)[C@H]6O)[C@H](O)C[C@]5(C)[C@H]4CC[C@]3(C)[C@H]2[C@@H]1C)CO[C@@H]1O[C@H](CO)[C@@H](O)[C@H](O)[C@H]1O. The van der Waals surface area contributed by atoms with Gasteiger partial charge in [-0.15, -0.1) is 0 Å². The molecule has 4 aliphatic carbocycles. The maximum atomic E-state index is 12.1. The Morgan fingerprint density at radius 1 is 0.581 bits per heavy atom. The minimum atomic E-state index is -1.79. The molecule has 0 unspecified atom stereocenters. The molecule has 0 aromatic carbocycles. The summed E-state index contributed by atoms with van der Waals surface area (Å²) in [7, 11) is 0. The fourth-order valence-corrected chi connectivity index (χ4v) is 15.6. The van der Waals surface area contributed by atoms with Crippen molar-refractivity contribution in [2.75, 3.05) is 19.8 Å². The van der Waals surface area contributed by atoms with Crippen LogP contribution in [0.2, 0.25) is 0 Å². The molecular formula is C51H86O23. The van der Waals surface area contributed by atoms with Crippen LogP contribution in [0.25, 0.3) is 0 Å². The Kier molecular flexibility index (Phi) is 17.3. The molecule has 428 valence electrons. The Bertz CT molecular complexity index is 1870. The van der Waals surface area contributed by atoms with Crippen molar-refractivity contribution >= 4 is 0 Å². The van der Waals surface area contributed by atoms with E-state index >= 15 is 0 Å². The second kappa shape index (κ2) is 22.2. The Morgan fingerprint density at radius 3 is 1.78 bits per heavy atom. The van der Waals surface area contributed by atoms with E-state index in [9.17, 15) is 71.5 Å². The summed E-state index contributed by atoms with van der Waals surface area (Å²) in [5.74, 6) is -0.426. The fourth-order valence-electron chi connectivity index (χ4n) is 15.6. The predicted octanol–water partition coefficient (Wildman–Crippen LogP) is -2.93. The summed E-state index contributed by atoms with van der Waals surface area (Å²) in [6, 6.07) is 0. The van der Waals surface area contributed by atoms with Crippen LogP contribution in [0.4, 0.5) is 0 Å². The van der Waals surface area contributed by atoms with E-state index in [4.69, 9.17) is 42.6 Å². The van der Waals surface area contributed by atoms with Crippen molar-refractivity contribution in [3.8, 4) is 0 Å². The second-order valence-electron chi connectivity index (χ2n) is 24.4. The van der Waals surface area contributed by atoms with Crippen LogP contribution in [0.3, 0.4) is 0 Å². The second-order valence-corrected chi connectivity index (χ2v) is 24.4. The molecule has 0 amide bonds. The molecule has 74 heavy (non-hydrogen) atoms. The van der Waals surface area contributed by atoms with Gasteiger partial charge in [-0.05, 0) is 112 Å². The van der Waals surface area contributed by atoms with Crippen LogP contribution < -0.4 is 0 Å². The molecule has 4 saturated carbocycles. The molecule has 9 aliphatic rings. The standard InChI is InChI=1S/C51H86O23/c1-19(18-66-45-39(61)38(60)35(57)30(16-52)70-45)9-12-51(65)20(2)32-29(74-51)14-26-24-8-7-23-13-28(27(54)15-50(23,6)25(24)10-11-49(26,32)5)69-48-44(73-47-41(63)37(59)34(56)22(4)68-47)42(64)43(31(17-53)71-48)72-46-40(62)36(58)33(55)21(3)67-46/h19-48,52-65H,7-18H2,1-6H3/t19-,20-,21-,22-,23-,24+,25-,26-,27+,28+,29-,30+,31+,32-,33-,34-,35+,36+,37+,38-,39+,40+,41+,42-,43+,44+,45+,46-,47-,48+,49-,50-,51+/m0/s1. The highest BCUT2D eigenvalue weighted by Crippen LogP contribution is 2.71. The summed E-state index contributed by atoms with van der Waals surface area (Å²) in [5, 5.41) is 151. The highest BCUT2D eigenvalue weighted by molar-refractivity contribution is 5.15. The van der Waals surface area contributed by atoms with Gasteiger partial charge in [0.05, 0.1) is 50.3 Å². The van der Waals surface area contributed by atoms with Crippen molar-refractivity contribution in [1.29, 1.82) is 0 Å². The zero-order chi connectivity index (χ0) is 53.7. The van der Waals surface area contributed by atoms with Gasteiger partial charge in [-0.3, -0.25) is 0 Å². The molecule has 5 heterocycles. The van der Waals surface area contributed by atoms with Crippen LogP contribution in [0.5, 0.6) is 0 Å². The summed E-state index contributed by atoms with van der Waals surface area (Å²) in [5.41, 5.74) is -0.377. The minimum absolute atomic E-state index is 0.0932. The minimum Gasteiger partial charge on any atom is -0.394 e. The van der Waals surface area contributed by atoms with E-state index < -0.39 is 154 Å². The third kappa shape index (κ3) is 10.2. The van der Waals surface area contributed by atoms with Gasteiger partial charge in [0.25, 0.3) is 0 Å². The first-order chi connectivity index (χ1) is 34.9. The number of hydrogen-bond donors (Lipinski definition) is 14. The quantitative estimate of drug-likeness (QED) is 0.0775. The molecule has 5 saturated heterocycles. The molecule has 0 bridgehead atoms. The summed E-state index contributed by atoms with van der Waals surface area (Å²) >= 11 is 0. The predicted molar refractivity (Wildman–Crippen MR) is 250 cm³/mol. The van der Waals surface area contributed by atoms with E-state index in [2.05, 4.69) is 20.8 Å². The molecule has 0 aromatic rings. The van der Waals surface area contributed by atoms with Crippen molar-refractivity contribution in [2.24, 2.45) is 52.3 Å². The molecule has 9 fully saturated rings. The van der Waals surface area contributed by atoms with Crippen LogP contribution in [-0.2, 0) is 42.6 Å². The number of ether oxygens (including phenoxy) is 9. The topological polar surface area (TPSA) is 366 Å². The Balaban J connectivity index is 0.845. The zero-order valence-corrected chi connectivity index (χ0v) is 43.2. The normalized spacial score (nSPS) is 57.0. The molecule has 9 rings (SSSR count). The van der Waals surface area contributed by atoms with Crippen molar-refractivity contribution in [2.45, 2.75) is 246 Å². The molecule has 0 radical (unpaired) electrons. The number of aliphatic hydroxyl groups is 14. The first-order valence-corrected chi connectivity index (χ1v) is 27.2. The van der Waals surface area contributed by atoms with Crippen LogP contribution in [0, 0.1) is 52.3 Å².